The van der Waals surface area contributed by atoms with Crippen molar-refractivity contribution in [3.8, 4) is 0 Å². The summed E-state index contributed by atoms with van der Waals surface area (Å²) in [4.78, 5) is 11.5. The number of rotatable bonds is 6. The Labute approximate surface area is 98.1 Å². The Morgan fingerprint density at radius 1 is 1.25 bits per heavy atom. The first-order chi connectivity index (χ1) is 7.76. The fourth-order valence-electron chi connectivity index (χ4n) is 2.10. The molecule has 1 aliphatic rings. The van der Waals surface area contributed by atoms with Crippen LogP contribution in [0.25, 0.3) is 0 Å². The summed E-state index contributed by atoms with van der Waals surface area (Å²) in [5.41, 5.74) is 0. The van der Waals surface area contributed by atoms with Gasteiger partial charge in [-0.25, -0.2) is 0 Å². The molecular weight excluding hydrogens is 204 g/mol. The molecule has 4 nitrogen and oxygen atoms in total. The average molecular weight is 228 g/mol. The van der Waals surface area contributed by atoms with Gasteiger partial charge in [-0.1, -0.05) is 6.92 Å². The van der Waals surface area contributed by atoms with Gasteiger partial charge in [0, 0.05) is 18.7 Å². The molecule has 4 heteroatoms. The van der Waals surface area contributed by atoms with Crippen molar-refractivity contribution in [2.24, 2.45) is 0 Å². The molecular formula is C12H24N2O2. The first kappa shape index (κ1) is 13.5. The summed E-state index contributed by atoms with van der Waals surface area (Å²) in [6.45, 7) is 2.91. The van der Waals surface area contributed by atoms with Crippen LogP contribution >= 0.6 is 0 Å². The van der Waals surface area contributed by atoms with Gasteiger partial charge in [0.15, 0.2) is 0 Å². The third kappa shape index (κ3) is 4.94. The van der Waals surface area contributed by atoms with Crippen LogP contribution in [-0.2, 0) is 9.53 Å². The second-order valence-corrected chi connectivity index (χ2v) is 4.46. The Morgan fingerprint density at radius 3 is 2.44 bits per heavy atom. The minimum Gasteiger partial charge on any atom is -0.372 e. The summed E-state index contributed by atoms with van der Waals surface area (Å²) < 4.78 is 5.20. The SMILES string of the molecule is CCCOCC(=O)NC1CCC(NC)CC1. The highest BCUT2D eigenvalue weighted by Gasteiger charge is 2.20. The molecule has 94 valence electrons. The largest absolute Gasteiger partial charge is 0.372 e. The van der Waals surface area contributed by atoms with E-state index in [4.69, 9.17) is 4.74 Å². The molecule has 0 unspecified atom stereocenters. The second kappa shape index (κ2) is 7.63. The van der Waals surface area contributed by atoms with Crippen LogP contribution in [0.15, 0.2) is 0 Å². The lowest BCUT2D eigenvalue weighted by Gasteiger charge is -2.28. The zero-order valence-electron chi connectivity index (χ0n) is 10.4. The standard InChI is InChI=1S/C12H24N2O2/c1-3-8-16-9-12(15)14-11-6-4-10(13-2)5-7-11/h10-11,13H,3-9H2,1-2H3,(H,14,15). The number of ether oxygens (including phenoxy) is 1. The molecule has 0 spiro atoms. The van der Waals surface area contributed by atoms with E-state index in [1.807, 2.05) is 14.0 Å². The number of amides is 1. The highest BCUT2D eigenvalue weighted by Crippen LogP contribution is 2.18. The molecule has 1 fully saturated rings. The minimum absolute atomic E-state index is 0.0290. The smallest absolute Gasteiger partial charge is 0.246 e. The Morgan fingerprint density at radius 2 is 1.88 bits per heavy atom. The summed E-state index contributed by atoms with van der Waals surface area (Å²) in [5.74, 6) is 0.0290. The third-order valence-corrected chi connectivity index (χ3v) is 3.08. The Kier molecular flexibility index (Phi) is 6.42. The summed E-state index contributed by atoms with van der Waals surface area (Å²) in [7, 11) is 2.00. The highest BCUT2D eigenvalue weighted by molar-refractivity contribution is 5.77. The van der Waals surface area contributed by atoms with Crippen molar-refractivity contribution in [2.75, 3.05) is 20.3 Å². The second-order valence-electron chi connectivity index (χ2n) is 4.46. The number of carbonyl (C=O) groups excluding carboxylic acids is 1. The molecule has 2 N–H and O–H groups in total. The fourth-order valence-corrected chi connectivity index (χ4v) is 2.10. The molecule has 1 saturated carbocycles. The lowest BCUT2D eigenvalue weighted by molar-refractivity contribution is -0.126. The fraction of sp³-hybridized carbons (Fsp3) is 0.917. The van der Waals surface area contributed by atoms with Crippen molar-refractivity contribution in [2.45, 2.75) is 51.1 Å². The van der Waals surface area contributed by atoms with Crippen LogP contribution < -0.4 is 10.6 Å². The first-order valence-electron chi connectivity index (χ1n) is 6.30. The molecule has 0 aromatic rings. The van der Waals surface area contributed by atoms with Crippen molar-refractivity contribution in [1.29, 1.82) is 0 Å². The zero-order valence-corrected chi connectivity index (χ0v) is 10.4. The molecule has 0 atom stereocenters. The van der Waals surface area contributed by atoms with Gasteiger partial charge in [-0.2, -0.15) is 0 Å². The van der Waals surface area contributed by atoms with E-state index in [0.29, 0.717) is 18.7 Å². The van der Waals surface area contributed by atoms with E-state index in [1.54, 1.807) is 0 Å². The van der Waals surface area contributed by atoms with Crippen LogP contribution in [0.1, 0.15) is 39.0 Å². The van der Waals surface area contributed by atoms with Crippen molar-refractivity contribution in [3.63, 3.8) is 0 Å². The number of hydrogen-bond donors (Lipinski definition) is 2. The van der Waals surface area contributed by atoms with E-state index in [0.717, 1.165) is 32.1 Å². The van der Waals surface area contributed by atoms with Gasteiger partial charge in [-0.05, 0) is 39.2 Å². The lowest BCUT2D eigenvalue weighted by Crippen LogP contribution is -2.42. The molecule has 0 aliphatic heterocycles. The molecule has 0 aromatic heterocycles. The molecule has 1 aliphatic carbocycles. The van der Waals surface area contributed by atoms with E-state index in [9.17, 15) is 4.79 Å². The predicted octanol–water partition coefficient (Wildman–Crippen LogP) is 1.06. The molecule has 0 heterocycles. The Hall–Kier alpha value is -0.610. The normalized spacial score (nSPS) is 25.4. The molecule has 0 bridgehead atoms. The summed E-state index contributed by atoms with van der Waals surface area (Å²) >= 11 is 0. The maximum absolute atomic E-state index is 11.5. The zero-order chi connectivity index (χ0) is 11.8. The molecule has 0 saturated heterocycles. The third-order valence-electron chi connectivity index (χ3n) is 3.08. The van der Waals surface area contributed by atoms with E-state index < -0.39 is 0 Å². The van der Waals surface area contributed by atoms with Crippen molar-refractivity contribution >= 4 is 5.91 Å². The molecule has 1 rings (SSSR count). The summed E-state index contributed by atoms with van der Waals surface area (Å²) in [6, 6.07) is 0.979. The molecule has 0 aromatic carbocycles. The first-order valence-corrected chi connectivity index (χ1v) is 6.30. The Balaban J connectivity index is 2.10. The van der Waals surface area contributed by atoms with E-state index in [-0.39, 0.29) is 12.5 Å². The Bertz CT molecular complexity index is 201. The number of nitrogens with one attached hydrogen (secondary N) is 2. The molecule has 1 amide bonds. The summed E-state index contributed by atoms with van der Waals surface area (Å²) in [6.07, 6.45) is 5.41. The summed E-state index contributed by atoms with van der Waals surface area (Å²) in [5, 5.41) is 6.31. The maximum atomic E-state index is 11.5. The van der Waals surface area contributed by atoms with Crippen LogP contribution in [-0.4, -0.2) is 38.3 Å². The quantitative estimate of drug-likeness (QED) is 0.668. The minimum atomic E-state index is 0.0290. The van der Waals surface area contributed by atoms with Crippen LogP contribution in [0.3, 0.4) is 0 Å². The van der Waals surface area contributed by atoms with Gasteiger partial charge in [-0.3, -0.25) is 4.79 Å². The van der Waals surface area contributed by atoms with E-state index in [1.165, 1.54) is 0 Å². The maximum Gasteiger partial charge on any atom is 0.246 e. The predicted molar refractivity (Wildman–Crippen MR) is 64.4 cm³/mol. The van der Waals surface area contributed by atoms with E-state index >= 15 is 0 Å². The van der Waals surface area contributed by atoms with Gasteiger partial charge in [0.25, 0.3) is 0 Å². The number of carbonyl (C=O) groups is 1. The van der Waals surface area contributed by atoms with Crippen LogP contribution in [0.5, 0.6) is 0 Å². The monoisotopic (exact) mass is 228 g/mol. The van der Waals surface area contributed by atoms with Gasteiger partial charge in [-0.15, -0.1) is 0 Å². The van der Waals surface area contributed by atoms with Gasteiger partial charge in [0.05, 0.1) is 0 Å². The van der Waals surface area contributed by atoms with Gasteiger partial charge < -0.3 is 15.4 Å². The van der Waals surface area contributed by atoms with Crippen LogP contribution in [0.2, 0.25) is 0 Å². The molecule has 0 radical (unpaired) electrons. The van der Waals surface area contributed by atoms with Gasteiger partial charge in [0.1, 0.15) is 6.61 Å². The van der Waals surface area contributed by atoms with E-state index in [2.05, 4.69) is 10.6 Å². The number of hydrogen-bond acceptors (Lipinski definition) is 3. The van der Waals surface area contributed by atoms with Crippen LogP contribution in [0.4, 0.5) is 0 Å². The van der Waals surface area contributed by atoms with Crippen molar-refractivity contribution < 1.29 is 9.53 Å². The topological polar surface area (TPSA) is 50.4 Å². The average Bonchev–Trinajstić information content (AvgIpc) is 2.30. The van der Waals surface area contributed by atoms with Crippen molar-refractivity contribution in [1.82, 2.24) is 10.6 Å². The van der Waals surface area contributed by atoms with Gasteiger partial charge >= 0.3 is 0 Å². The van der Waals surface area contributed by atoms with Crippen molar-refractivity contribution in [3.05, 3.63) is 0 Å². The highest BCUT2D eigenvalue weighted by atomic mass is 16.5. The van der Waals surface area contributed by atoms with Gasteiger partial charge in [0.2, 0.25) is 5.91 Å². The lowest BCUT2D eigenvalue weighted by atomic mass is 9.91. The molecule has 16 heavy (non-hydrogen) atoms. The van der Waals surface area contributed by atoms with Crippen LogP contribution in [0, 0.1) is 0 Å².